The number of rotatable bonds is 5. The van der Waals surface area contributed by atoms with E-state index in [0.29, 0.717) is 18.0 Å². The maximum atomic E-state index is 13.5. The van der Waals surface area contributed by atoms with Gasteiger partial charge in [-0.05, 0) is 25.1 Å². The lowest BCUT2D eigenvalue weighted by Gasteiger charge is -2.20. The fourth-order valence-corrected chi connectivity index (χ4v) is 4.17. The van der Waals surface area contributed by atoms with E-state index in [1.54, 1.807) is 12.1 Å². The molecule has 21 heavy (non-hydrogen) atoms. The molecule has 2 rings (SSSR count). The fraction of sp³-hybridized carbons (Fsp3) is 0.571. The van der Waals surface area contributed by atoms with Crippen LogP contribution in [-0.2, 0) is 10.0 Å². The molecule has 0 spiro atoms. The second-order valence-electron chi connectivity index (χ2n) is 5.14. The lowest BCUT2D eigenvalue weighted by atomic mass is 10.3. The van der Waals surface area contributed by atoms with Crippen LogP contribution in [0.1, 0.15) is 6.42 Å². The Bertz CT molecular complexity index is 566. The number of sulfonamides is 1. The second-order valence-corrected chi connectivity index (χ2v) is 8.26. The zero-order valence-corrected chi connectivity index (χ0v) is 13.8. The van der Waals surface area contributed by atoms with Crippen molar-refractivity contribution in [2.24, 2.45) is 0 Å². The van der Waals surface area contributed by atoms with Crippen LogP contribution >= 0.6 is 11.8 Å². The van der Waals surface area contributed by atoms with Crippen LogP contribution in [0.15, 0.2) is 29.2 Å². The number of hydrogen-bond acceptors (Lipinski definition) is 4. The van der Waals surface area contributed by atoms with Crippen LogP contribution in [-0.4, -0.2) is 62.4 Å². The quantitative estimate of drug-likeness (QED) is 0.772. The van der Waals surface area contributed by atoms with Crippen molar-refractivity contribution in [2.45, 2.75) is 11.3 Å². The molecule has 0 saturated carbocycles. The minimum absolute atomic E-state index is 0.179. The van der Waals surface area contributed by atoms with E-state index < -0.39 is 10.0 Å². The third-order valence-corrected chi connectivity index (χ3v) is 5.85. The summed E-state index contributed by atoms with van der Waals surface area (Å²) in [6, 6.07) is 6.78. The van der Waals surface area contributed by atoms with Gasteiger partial charge in [0.1, 0.15) is 5.82 Å². The molecule has 0 radical (unpaired) electrons. The molecule has 0 amide bonds. The van der Waals surface area contributed by atoms with E-state index in [9.17, 15) is 12.8 Å². The largest absolute Gasteiger partial charge is 0.301 e. The summed E-state index contributed by atoms with van der Waals surface area (Å²) in [5, 5.41) is 0. The molecule has 1 aromatic rings. The molecule has 118 valence electrons. The zero-order valence-electron chi connectivity index (χ0n) is 12.2. The van der Waals surface area contributed by atoms with Crippen molar-refractivity contribution >= 4 is 21.8 Å². The Labute approximate surface area is 130 Å². The number of thioether (sulfide) groups is 1. The van der Waals surface area contributed by atoms with Crippen LogP contribution in [0.4, 0.5) is 4.39 Å². The maximum absolute atomic E-state index is 13.5. The van der Waals surface area contributed by atoms with Crippen molar-refractivity contribution in [3.05, 3.63) is 30.1 Å². The summed E-state index contributed by atoms with van der Waals surface area (Å²) in [5.41, 5.74) is 0. The predicted molar refractivity (Wildman–Crippen MR) is 84.6 cm³/mol. The highest BCUT2D eigenvalue weighted by atomic mass is 32.2. The highest BCUT2D eigenvalue weighted by Gasteiger charge is 2.20. The summed E-state index contributed by atoms with van der Waals surface area (Å²) >= 11 is 1.51. The molecule has 1 saturated heterocycles. The number of hydrogen-bond donors (Lipinski definition) is 0. The van der Waals surface area contributed by atoms with E-state index in [-0.39, 0.29) is 5.82 Å². The maximum Gasteiger partial charge on any atom is 0.211 e. The first-order valence-electron chi connectivity index (χ1n) is 7.01. The summed E-state index contributed by atoms with van der Waals surface area (Å²) in [6.45, 7) is 3.62. The van der Waals surface area contributed by atoms with Gasteiger partial charge in [-0.25, -0.2) is 17.1 Å². The average Bonchev–Trinajstić information content (AvgIpc) is 2.66. The number of benzene rings is 1. The van der Waals surface area contributed by atoms with E-state index in [2.05, 4.69) is 4.90 Å². The van der Waals surface area contributed by atoms with Gasteiger partial charge < -0.3 is 4.90 Å². The predicted octanol–water partition coefficient (Wildman–Crippen LogP) is 1.89. The van der Waals surface area contributed by atoms with Gasteiger partial charge in [0, 0.05) is 36.8 Å². The first-order valence-corrected chi connectivity index (χ1v) is 9.85. The first kappa shape index (κ1) is 16.7. The smallest absolute Gasteiger partial charge is 0.211 e. The van der Waals surface area contributed by atoms with Gasteiger partial charge in [0.05, 0.1) is 6.26 Å². The topological polar surface area (TPSA) is 40.6 Å². The Balaban J connectivity index is 1.78. The van der Waals surface area contributed by atoms with Crippen LogP contribution in [0.3, 0.4) is 0 Å². The van der Waals surface area contributed by atoms with Crippen LogP contribution in [0.25, 0.3) is 0 Å². The molecule has 1 aliphatic heterocycles. The Morgan fingerprint density at radius 1 is 1.19 bits per heavy atom. The fourth-order valence-electron chi connectivity index (χ4n) is 2.35. The summed E-state index contributed by atoms with van der Waals surface area (Å²) in [4.78, 5) is 2.92. The van der Waals surface area contributed by atoms with Gasteiger partial charge in [0.15, 0.2) is 0 Å². The van der Waals surface area contributed by atoms with Gasteiger partial charge in [0.25, 0.3) is 0 Å². The Hall–Kier alpha value is -0.630. The lowest BCUT2D eigenvalue weighted by Crippen LogP contribution is -2.35. The standard InChI is InChI=1S/C14H21FN2O2S2/c1-21(18,19)17-8-4-7-16(9-10-17)11-12-20-14-6-3-2-5-13(14)15/h2-3,5-6H,4,7-12H2,1H3. The molecule has 0 aromatic heterocycles. The van der Waals surface area contributed by atoms with E-state index in [0.717, 1.165) is 31.8 Å². The van der Waals surface area contributed by atoms with Gasteiger partial charge in [-0.15, -0.1) is 11.8 Å². The highest BCUT2D eigenvalue weighted by Crippen LogP contribution is 2.21. The summed E-state index contributed by atoms with van der Waals surface area (Å²) in [5.74, 6) is 0.626. The van der Waals surface area contributed by atoms with Crippen molar-refractivity contribution in [3.8, 4) is 0 Å². The molecule has 4 nitrogen and oxygen atoms in total. The van der Waals surface area contributed by atoms with Crippen molar-refractivity contribution in [3.63, 3.8) is 0 Å². The number of nitrogens with zero attached hydrogens (tertiary/aromatic N) is 2. The Kier molecular flexibility index (Phi) is 6.04. The van der Waals surface area contributed by atoms with Crippen LogP contribution in [0.2, 0.25) is 0 Å². The van der Waals surface area contributed by atoms with E-state index >= 15 is 0 Å². The number of halogens is 1. The molecule has 0 N–H and O–H groups in total. The van der Waals surface area contributed by atoms with Gasteiger partial charge >= 0.3 is 0 Å². The molecule has 1 aliphatic rings. The average molecular weight is 332 g/mol. The summed E-state index contributed by atoms with van der Waals surface area (Å²) in [7, 11) is -3.09. The lowest BCUT2D eigenvalue weighted by molar-refractivity contribution is 0.304. The van der Waals surface area contributed by atoms with Crippen LogP contribution in [0, 0.1) is 5.82 Å². The van der Waals surface area contributed by atoms with Crippen LogP contribution < -0.4 is 0 Å². The molecule has 0 bridgehead atoms. The first-order chi connectivity index (χ1) is 9.97. The molecule has 0 unspecified atom stereocenters. The van der Waals surface area contributed by atoms with Gasteiger partial charge in [-0.1, -0.05) is 12.1 Å². The summed E-state index contributed by atoms with van der Waals surface area (Å²) in [6.07, 6.45) is 2.11. The third-order valence-electron chi connectivity index (χ3n) is 3.52. The minimum atomic E-state index is -3.09. The molecule has 0 aliphatic carbocycles. The van der Waals surface area contributed by atoms with Gasteiger partial charge in [0.2, 0.25) is 10.0 Å². The highest BCUT2D eigenvalue weighted by molar-refractivity contribution is 7.99. The molecular weight excluding hydrogens is 311 g/mol. The SMILES string of the molecule is CS(=O)(=O)N1CCCN(CCSc2ccccc2F)CC1. The minimum Gasteiger partial charge on any atom is -0.301 e. The van der Waals surface area contributed by atoms with Crippen LogP contribution in [0.5, 0.6) is 0 Å². The zero-order chi connectivity index (χ0) is 15.3. The van der Waals surface area contributed by atoms with Crippen molar-refractivity contribution in [1.29, 1.82) is 0 Å². The Morgan fingerprint density at radius 3 is 2.67 bits per heavy atom. The normalized spacial score (nSPS) is 18.6. The molecular formula is C14H21FN2O2S2. The van der Waals surface area contributed by atoms with Gasteiger partial charge in [-0.2, -0.15) is 0 Å². The van der Waals surface area contributed by atoms with E-state index in [1.165, 1.54) is 28.4 Å². The molecule has 1 aromatic carbocycles. The molecule has 0 atom stereocenters. The molecule has 7 heteroatoms. The van der Waals surface area contributed by atoms with Crippen molar-refractivity contribution in [2.75, 3.05) is 44.7 Å². The summed E-state index contributed by atoms with van der Waals surface area (Å²) < 4.78 is 38.1. The van der Waals surface area contributed by atoms with Crippen molar-refractivity contribution < 1.29 is 12.8 Å². The molecule has 1 fully saturated rings. The molecule has 1 heterocycles. The second kappa shape index (κ2) is 7.58. The van der Waals surface area contributed by atoms with Crippen molar-refractivity contribution in [1.82, 2.24) is 9.21 Å². The monoisotopic (exact) mass is 332 g/mol. The third kappa shape index (κ3) is 5.25. The van der Waals surface area contributed by atoms with E-state index in [1.807, 2.05) is 6.07 Å². The Morgan fingerprint density at radius 2 is 1.95 bits per heavy atom. The van der Waals surface area contributed by atoms with E-state index in [4.69, 9.17) is 0 Å². The van der Waals surface area contributed by atoms with Gasteiger partial charge in [-0.3, -0.25) is 0 Å².